The summed E-state index contributed by atoms with van der Waals surface area (Å²) in [7, 11) is 0. The molecule has 7 heteroatoms. The molecule has 2 aromatic rings. The van der Waals surface area contributed by atoms with Gasteiger partial charge >= 0.3 is 0 Å². The normalized spacial score (nSPS) is 10.9. The van der Waals surface area contributed by atoms with Gasteiger partial charge in [0.05, 0.1) is 16.5 Å². The van der Waals surface area contributed by atoms with Crippen molar-refractivity contribution in [3.05, 3.63) is 51.2 Å². The molecule has 0 amide bonds. The van der Waals surface area contributed by atoms with E-state index in [1.54, 1.807) is 6.07 Å². The highest BCUT2D eigenvalue weighted by atomic mass is 35.5. The molecule has 0 spiro atoms. The molecule has 6 nitrogen and oxygen atoms in total. The summed E-state index contributed by atoms with van der Waals surface area (Å²) in [5, 5.41) is 14.3. The van der Waals surface area contributed by atoms with Crippen LogP contribution in [0, 0.1) is 10.1 Å². The van der Waals surface area contributed by atoms with Crippen molar-refractivity contribution in [3.8, 4) is 11.3 Å². The van der Waals surface area contributed by atoms with Gasteiger partial charge in [-0.15, -0.1) is 0 Å². The second kappa shape index (κ2) is 8.67. The zero-order chi connectivity index (χ0) is 16.7. The number of hydrogen-bond donors (Lipinski definition) is 1. The second-order valence-electron chi connectivity index (χ2n) is 4.91. The lowest BCUT2D eigenvalue weighted by molar-refractivity contribution is -0.384. The number of nitrogens with one attached hydrogen (secondary N) is 1. The van der Waals surface area contributed by atoms with Crippen LogP contribution in [0.5, 0.6) is 0 Å². The van der Waals surface area contributed by atoms with Crippen molar-refractivity contribution in [2.45, 2.75) is 19.9 Å². The molecule has 0 aliphatic carbocycles. The molecule has 1 N–H and O–H groups in total. The van der Waals surface area contributed by atoms with Crippen LogP contribution in [0.15, 0.2) is 34.7 Å². The lowest BCUT2D eigenvalue weighted by atomic mass is 10.1. The van der Waals surface area contributed by atoms with Gasteiger partial charge in [0.15, 0.2) is 0 Å². The van der Waals surface area contributed by atoms with Crippen LogP contribution in [0.2, 0.25) is 5.02 Å². The van der Waals surface area contributed by atoms with Crippen molar-refractivity contribution in [2.24, 2.45) is 0 Å². The Kier molecular flexibility index (Phi) is 6.58. The quantitative estimate of drug-likeness (QED) is 0.424. The lowest BCUT2D eigenvalue weighted by Crippen LogP contribution is -2.15. The van der Waals surface area contributed by atoms with Crippen LogP contribution in [0.3, 0.4) is 0 Å². The number of non-ortho nitro benzene ring substituents is 1. The topological polar surface area (TPSA) is 77.5 Å². The molecule has 1 aromatic heterocycles. The number of halogens is 1. The van der Waals surface area contributed by atoms with E-state index in [0.717, 1.165) is 31.9 Å². The zero-order valence-electron chi connectivity index (χ0n) is 12.9. The van der Waals surface area contributed by atoms with Crippen LogP contribution in [0.25, 0.3) is 11.3 Å². The van der Waals surface area contributed by atoms with Gasteiger partial charge < -0.3 is 14.5 Å². The van der Waals surface area contributed by atoms with Gasteiger partial charge in [0.25, 0.3) is 5.69 Å². The molecule has 0 radical (unpaired) electrons. The Balaban J connectivity index is 1.93. The van der Waals surface area contributed by atoms with E-state index in [9.17, 15) is 10.1 Å². The molecule has 23 heavy (non-hydrogen) atoms. The van der Waals surface area contributed by atoms with Crippen LogP contribution in [-0.2, 0) is 11.3 Å². The molecular formula is C16H19ClN2O4. The fourth-order valence-corrected chi connectivity index (χ4v) is 2.36. The van der Waals surface area contributed by atoms with Crippen molar-refractivity contribution in [1.29, 1.82) is 0 Å². The molecule has 1 heterocycles. The van der Waals surface area contributed by atoms with Gasteiger partial charge in [-0.3, -0.25) is 10.1 Å². The Morgan fingerprint density at radius 3 is 2.87 bits per heavy atom. The fourth-order valence-electron chi connectivity index (χ4n) is 2.09. The highest BCUT2D eigenvalue weighted by Crippen LogP contribution is 2.32. The average Bonchev–Trinajstić information content (AvgIpc) is 2.99. The number of hydrogen-bond acceptors (Lipinski definition) is 5. The van der Waals surface area contributed by atoms with Gasteiger partial charge in [-0.05, 0) is 38.1 Å². The van der Waals surface area contributed by atoms with Gasteiger partial charge in [-0.25, -0.2) is 0 Å². The third-order valence-corrected chi connectivity index (χ3v) is 3.55. The summed E-state index contributed by atoms with van der Waals surface area (Å²) in [5.41, 5.74) is 0.598. The Labute approximate surface area is 139 Å². The first-order chi connectivity index (χ1) is 11.1. The lowest BCUT2D eigenvalue weighted by Gasteiger charge is -2.03. The number of ether oxygens (including phenoxy) is 1. The standard InChI is InChI=1S/C16H19ClN2O4/c1-2-22-9-3-8-18-11-13-5-7-16(23-13)14-6-4-12(19(20)21)10-15(14)17/h4-7,10,18H,2-3,8-9,11H2,1H3. The third-order valence-electron chi connectivity index (χ3n) is 3.24. The second-order valence-corrected chi connectivity index (χ2v) is 5.32. The maximum absolute atomic E-state index is 10.7. The molecular weight excluding hydrogens is 320 g/mol. The van der Waals surface area contributed by atoms with Gasteiger partial charge in [0, 0.05) is 30.9 Å². The van der Waals surface area contributed by atoms with E-state index < -0.39 is 4.92 Å². The number of benzene rings is 1. The van der Waals surface area contributed by atoms with Crippen LogP contribution in [0.1, 0.15) is 19.1 Å². The first-order valence-corrected chi connectivity index (χ1v) is 7.81. The average molecular weight is 339 g/mol. The minimum atomic E-state index is -0.477. The molecule has 0 saturated carbocycles. The van der Waals surface area contributed by atoms with Crippen LogP contribution in [-0.4, -0.2) is 24.7 Å². The molecule has 0 unspecified atom stereocenters. The molecule has 1 aromatic carbocycles. The smallest absolute Gasteiger partial charge is 0.270 e. The number of rotatable bonds is 9. The molecule has 0 bridgehead atoms. The highest BCUT2D eigenvalue weighted by molar-refractivity contribution is 6.33. The number of nitro groups is 1. The van der Waals surface area contributed by atoms with E-state index in [4.69, 9.17) is 20.8 Å². The van der Waals surface area contributed by atoms with Crippen LogP contribution in [0.4, 0.5) is 5.69 Å². The maximum Gasteiger partial charge on any atom is 0.270 e. The van der Waals surface area contributed by atoms with Gasteiger partial charge in [0.2, 0.25) is 0 Å². The molecule has 0 aliphatic heterocycles. The Bertz CT molecular complexity index is 657. The Hall–Kier alpha value is -1.89. The van der Waals surface area contributed by atoms with Crippen molar-refractivity contribution < 1.29 is 14.1 Å². The fraction of sp³-hybridized carbons (Fsp3) is 0.375. The SMILES string of the molecule is CCOCCCNCc1ccc(-c2ccc([N+](=O)[O-])cc2Cl)o1. The van der Waals surface area contributed by atoms with E-state index in [1.165, 1.54) is 12.1 Å². The zero-order valence-corrected chi connectivity index (χ0v) is 13.6. The number of furan rings is 1. The van der Waals surface area contributed by atoms with E-state index in [-0.39, 0.29) is 5.69 Å². The minimum Gasteiger partial charge on any atom is -0.460 e. The van der Waals surface area contributed by atoms with E-state index in [1.807, 2.05) is 19.1 Å². The van der Waals surface area contributed by atoms with Crippen molar-refractivity contribution in [3.63, 3.8) is 0 Å². The molecule has 0 fully saturated rings. The summed E-state index contributed by atoms with van der Waals surface area (Å²) >= 11 is 6.10. The summed E-state index contributed by atoms with van der Waals surface area (Å²) in [6, 6.07) is 8.01. The summed E-state index contributed by atoms with van der Waals surface area (Å²) in [4.78, 5) is 10.2. The van der Waals surface area contributed by atoms with E-state index >= 15 is 0 Å². The molecule has 0 saturated heterocycles. The molecule has 0 atom stereocenters. The predicted molar refractivity (Wildman–Crippen MR) is 88.6 cm³/mol. The molecule has 124 valence electrons. The summed E-state index contributed by atoms with van der Waals surface area (Å²) in [6.07, 6.45) is 0.940. The van der Waals surface area contributed by atoms with E-state index in [0.29, 0.717) is 22.9 Å². The summed E-state index contributed by atoms with van der Waals surface area (Å²) < 4.78 is 11.0. The van der Waals surface area contributed by atoms with Crippen molar-refractivity contribution in [1.82, 2.24) is 5.32 Å². The van der Waals surface area contributed by atoms with Gasteiger partial charge in [-0.2, -0.15) is 0 Å². The summed E-state index contributed by atoms with van der Waals surface area (Å²) in [5.74, 6) is 1.38. The first kappa shape index (κ1) is 17.5. The Morgan fingerprint density at radius 2 is 2.17 bits per heavy atom. The largest absolute Gasteiger partial charge is 0.460 e. The monoisotopic (exact) mass is 338 g/mol. The maximum atomic E-state index is 10.7. The first-order valence-electron chi connectivity index (χ1n) is 7.43. The van der Waals surface area contributed by atoms with E-state index in [2.05, 4.69) is 5.32 Å². The number of nitro benzene ring substituents is 1. The summed E-state index contributed by atoms with van der Waals surface area (Å²) in [6.45, 7) is 4.90. The van der Waals surface area contributed by atoms with Crippen LogP contribution < -0.4 is 5.32 Å². The van der Waals surface area contributed by atoms with Gasteiger partial charge in [-0.1, -0.05) is 11.6 Å². The highest BCUT2D eigenvalue weighted by Gasteiger charge is 2.13. The van der Waals surface area contributed by atoms with Gasteiger partial charge in [0.1, 0.15) is 11.5 Å². The molecule has 0 aliphatic rings. The number of nitrogens with zero attached hydrogens (tertiary/aromatic N) is 1. The predicted octanol–water partition coefficient (Wildman–Crippen LogP) is 4.02. The van der Waals surface area contributed by atoms with Crippen molar-refractivity contribution >= 4 is 17.3 Å². The molecule has 2 rings (SSSR count). The van der Waals surface area contributed by atoms with Crippen molar-refractivity contribution in [2.75, 3.05) is 19.8 Å². The minimum absolute atomic E-state index is 0.0403. The van der Waals surface area contributed by atoms with Crippen LogP contribution >= 0.6 is 11.6 Å². The third kappa shape index (κ3) is 5.06. The Morgan fingerprint density at radius 1 is 1.35 bits per heavy atom.